The Bertz CT molecular complexity index is 461. The lowest BCUT2D eigenvalue weighted by molar-refractivity contribution is 0.585. The molecule has 7 heteroatoms. The van der Waals surface area contributed by atoms with Crippen molar-refractivity contribution in [1.29, 1.82) is 5.26 Å². The second kappa shape index (κ2) is 5.47. The molecule has 0 aromatic carbocycles. The van der Waals surface area contributed by atoms with E-state index in [1.165, 1.54) is 11.3 Å². The van der Waals surface area contributed by atoms with Gasteiger partial charge in [0.25, 0.3) is 0 Å². The molecule has 0 aliphatic heterocycles. The van der Waals surface area contributed by atoms with E-state index in [2.05, 4.69) is 4.72 Å². The average Bonchev–Trinajstić information content (AvgIpc) is 2.51. The molecule has 0 aliphatic carbocycles. The molecule has 82 valence electrons. The van der Waals surface area contributed by atoms with E-state index in [-0.39, 0.29) is 0 Å². The maximum atomic E-state index is 11.1. The first-order chi connectivity index (χ1) is 7.03. The summed E-state index contributed by atoms with van der Waals surface area (Å²) in [4.78, 5) is 1.01. The topological polar surface area (TPSA) is 70.0 Å². The molecular weight excluding hydrogens is 256 g/mol. The fraction of sp³-hybridized carbons (Fsp3) is 0.375. The van der Waals surface area contributed by atoms with Gasteiger partial charge in [-0.1, -0.05) is 11.6 Å². The minimum atomic E-state index is -3.43. The van der Waals surface area contributed by atoms with Gasteiger partial charge in [-0.15, -0.1) is 11.3 Å². The summed E-state index contributed by atoms with van der Waals surface area (Å²) < 4.78 is 25.2. The number of rotatable bonds is 5. The zero-order valence-electron chi connectivity index (χ0n) is 7.73. The molecule has 0 saturated carbocycles. The Morgan fingerprint density at radius 2 is 2.27 bits per heavy atom. The normalized spacial score (nSPS) is 11.2. The van der Waals surface area contributed by atoms with E-state index in [1.807, 2.05) is 6.07 Å². The lowest BCUT2D eigenvalue weighted by atomic mass is 10.3. The summed E-state index contributed by atoms with van der Waals surface area (Å²) in [6.45, 7) is 0.293. The summed E-state index contributed by atoms with van der Waals surface area (Å²) in [5.74, 6) is -0.502. The number of nitrogens with zero attached hydrogens (tertiary/aromatic N) is 1. The Labute approximate surface area is 97.5 Å². The predicted molar refractivity (Wildman–Crippen MR) is 60.4 cm³/mol. The fourth-order valence-electron chi connectivity index (χ4n) is 0.952. The van der Waals surface area contributed by atoms with Gasteiger partial charge in [0.05, 0.1) is 10.4 Å². The Morgan fingerprint density at radius 1 is 1.53 bits per heavy atom. The van der Waals surface area contributed by atoms with Crippen LogP contribution in [0.1, 0.15) is 4.88 Å². The molecule has 1 aromatic heterocycles. The monoisotopic (exact) mass is 264 g/mol. The van der Waals surface area contributed by atoms with Crippen LogP contribution in [0, 0.1) is 11.3 Å². The summed E-state index contributed by atoms with van der Waals surface area (Å²) in [6, 6.07) is 5.21. The molecule has 0 saturated heterocycles. The number of hydrogen-bond acceptors (Lipinski definition) is 4. The van der Waals surface area contributed by atoms with Crippen LogP contribution in [0.15, 0.2) is 12.1 Å². The first-order valence-electron chi connectivity index (χ1n) is 4.12. The molecular formula is C8H9ClN2O2S2. The Hall–Kier alpha value is -0.610. The molecule has 1 heterocycles. The molecule has 0 aliphatic rings. The molecule has 4 nitrogen and oxygen atoms in total. The molecule has 0 bridgehead atoms. The number of thiophene rings is 1. The van der Waals surface area contributed by atoms with Gasteiger partial charge in [-0.3, -0.25) is 0 Å². The van der Waals surface area contributed by atoms with Crippen molar-refractivity contribution in [3.8, 4) is 6.07 Å². The summed E-state index contributed by atoms with van der Waals surface area (Å²) >= 11 is 7.13. The molecule has 0 spiro atoms. The fourth-order valence-corrected chi connectivity index (χ4v) is 2.72. The van der Waals surface area contributed by atoms with Crippen LogP contribution in [0.3, 0.4) is 0 Å². The third-order valence-electron chi connectivity index (χ3n) is 1.58. The van der Waals surface area contributed by atoms with Gasteiger partial charge in [0.2, 0.25) is 10.0 Å². The smallest absolute Gasteiger partial charge is 0.214 e. The van der Waals surface area contributed by atoms with E-state index in [9.17, 15) is 8.42 Å². The van der Waals surface area contributed by atoms with Gasteiger partial charge in [0.15, 0.2) is 5.75 Å². The number of sulfonamides is 1. The summed E-state index contributed by atoms with van der Waals surface area (Å²) in [6.07, 6.45) is 0.585. The van der Waals surface area contributed by atoms with Crippen LogP contribution in [0.5, 0.6) is 0 Å². The molecule has 0 amide bonds. The maximum Gasteiger partial charge on any atom is 0.225 e. The van der Waals surface area contributed by atoms with Crippen LogP contribution in [0.25, 0.3) is 0 Å². The van der Waals surface area contributed by atoms with E-state index >= 15 is 0 Å². The lowest BCUT2D eigenvalue weighted by Crippen LogP contribution is -2.27. The highest BCUT2D eigenvalue weighted by Gasteiger charge is 2.08. The molecule has 1 N–H and O–H groups in total. The van der Waals surface area contributed by atoms with E-state index in [0.29, 0.717) is 17.3 Å². The standard InChI is InChI=1S/C8H9ClN2O2S2/c9-8-2-1-7(14-8)3-5-11-15(12,13)6-4-10/h1-2,11H,3,5-6H2. The molecule has 0 fully saturated rings. The second-order valence-corrected chi connectivity index (χ2v) is 6.37. The van der Waals surface area contributed by atoms with Crippen LogP contribution in [-0.4, -0.2) is 20.7 Å². The highest BCUT2D eigenvalue weighted by Crippen LogP contribution is 2.21. The zero-order chi connectivity index (χ0) is 11.3. The van der Waals surface area contributed by atoms with Gasteiger partial charge in [-0.25, -0.2) is 13.1 Å². The van der Waals surface area contributed by atoms with Crippen molar-refractivity contribution in [2.45, 2.75) is 6.42 Å². The van der Waals surface area contributed by atoms with Crippen molar-refractivity contribution in [3.05, 3.63) is 21.3 Å². The van der Waals surface area contributed by atoms with Crippen LogP contribution < -0.4 is 4.72 Å². The van der Waals surface area contributed by atoms with Crippen molar-refractivity contribution in [2.24, 2.45) is 0 Å². The van der Waals surface area contributed by atoms with Crippen molar-refractivity contribution in [2.75, 3.05) is 12.3 Å². The van der Waals surface area contributed by atoms with Crippen LogP contribution in [-0.2, 0) is 16.4 Å². The number of hydrogen-bond donors (Lipinski definition) is 1. The van der Waals surface area contributed by atoms with E-state index in [4.69, 9.17) is 16.9 Å². The molecule has 0 atom stereocenters. The lowest BCUT2D eigenvalue weighted by Gasteiger charge is -2.01. The number of nitrogens with one attached hydrogen (secondary N) is 1. The third kappa shape index (κ3) is 4.62. The van der Waals surface area contributed by atoms with Gasteiger partial charge < -0.3 is 0 Å². The summed E-state index contributed by atoms with van der Waals surface area (Å²) in [7, 11) is -3.43. The Balaban J connectivity index is 2.37. The highest BCUT2D eigenvalue weighted by atomic mass is 35.5. The second-order valence-electron chi connectivity index (χ2n) is 2.77. The molecule has 0 unspecified atom stereocenters. The molecule has 1 aromatic rings. The molecule has 0 radical (unpaired) electrons. The average molecular weight is 265 g/mol. The predicted octanol–water partition coefficient (Wildman–Crippen LogP) is 1.39. The van der Waals surface area contributed by atoms with Gasteiger partial charge >= 0.3 is 0 Å². The number of nitriles is 1. The highest BCUT2D eigenvalue weighted by molar-refractivity contribution is 7.89. The Morgan fingerprint density at radius 3 is 2.80 bits per heavy atom. The van der Waals surface area contributed by atoms with Crippen molar-refractivity contribution in [1.82, 2.24) is 4.72 Å². The zero-order valence-corrected chi connectivity index (χ0v) is 10.1. The van der Waals surface area contributed by atoms with Crippen molar-refractivity contribution >= 4 is 33.0 Å². The van der Waals surface area contributed by atoms with Crippen LogP contribution in [0.2, 0.25) is 4.34 Å². The van der Waals surface area contributed by atoms with Crippen molar-refractivity contribution < 1.29 is 8.42 Å². The van der Waals surface area contributed by atoms with Gasteiger partial charge in [0, 0.05) is 11.4 Å². The molecule has 1 rings (SSSR count). The van der Waals surface area contributed by atoms with E-state index in [0.717, 1.165) is 4.88 Å². The summed E-state index contributed by atoms with van der Waals surface area (Å²) in [5, 5.41) is 8.24. The first-order valence-corrected chi connectivity index (χ1v) is 6.97. The van der Waals surface area contributed by atoms with E-state index in [1.54, 1.807) is 12.1 Å². The minimum Gasteiger partial charge on any atom is -0.214 e. The maximum absolute atomic E-state index is 11.1. The van der Waals surface area contributed by atoms with Crippen molar-refractivity contribution in [3.63, 3.8) is 0 Å². The van der Waals surface area contributed by atoms with Gasteiger partial charge in [-0.2, -0.15) is 5.26 Å². The first kappa shape index (κ1) is 12.5. The van der Waals surface area contributed by atoms with Gasteiger partial charge in [0.1, 0.15) is 0 Å². The number of halogens is 1. The van der Waals surface area contributed by atoms with Crippen LogP contribution >= 0.6 is 22.9 Å². The summed E-state index contributed by atoms with van der Waals surface area (Å²) in [5.41, 5.74) is 0. The largest absolute Gasteiger partial charge is 0.225 e. The quantitative estimate of drug-likeness (QED) is 0.874. The molecule has 15 heavy (non-hydrogen) atoms. The SMILES string of the molecule is N#CCS(=O)(=O)NCCc1ccc(Cl)s1. The minimum absolute atomic E-state index is 0.293. The third-order valence-corrected chi connectivity index (χ3v) is 4.02. The Kier molecular flexibility index (Phi) is 4.54. The van der Waals surface area contributed by atoms with Crippen LogP contribution in [0.4, 0.5) is 0 Å². The van der Waals surface area contributed by atoms with Gasteiger partial charge in [-0.05, 0) is 18.6 Å². The van der Waals surface area contributed by atoms with E-state index < -0.39 is 15.8 Å².